The zero-order valence-electron chi connectivity index (χ0n) is 16.3. The van der Waals surface area contributed by atoms with Crippen molar-refractivity contribution in [2.45, 2.75) is 32.1 Å². The van der Waals surface area contributed by atoms with Crippen LogP contribution in [0, 0.1) is 6.92 Å². The molecular weight excluding hydrogens is 366 g/mol. The van der Waals surface area contributed by atoms with Crippen molar-refractivity contribution in [1.82, 2.24) is 9.78 Å². The van der Waals surface area contributed by atoms with E-state index in [9.17, 15) is 9.59 Å². The molecule has 4 rings (SSSR count). The van der Waals surface area contributed by atoms with Crippen LogP contribution in [-0.4, -0.2) is 28.3 Å². The Labute approximate surface area is 169 Å². The fraction of sp³-hybridized carbons (Fsp3) is 0.261. The van der Waals surface area contributed by atoms with Crippen molar-refractivity contribution in [1.29, 1.82) is 0 Å². The number of aromatic nitrogens is 2. The third-order valence-electron chi connectivity index (χ3n) is 4.83. The Morgan fingerprint density at radius 3 is 2.52 bits per heavy atom. The largest absolute Gasteiger partial charge is 0.455 e. The summed E-state index contributed by atoms with van der Waals surface area (Å²) in [7, 11) is 0. The first kappa shape index (κ1) is 18.9. The zero-order chi connectivity index (χ0) is 20.2. The highest BCUT2D eigenvalue weighted by atomic mass is 16.5. The highest BCUT2D eigenvalue weighted by Crippen LogP contribution is 2.40. The van der Waals surface area contributed by atoms with E-state index in [0.29, 0.717) is 11.7 Å². The summed E-state index contributed by atoms with van der Waals surface area (Å²) in [5.41, 5.74) is 3.82. The smallest absolute Gasteiger partial charge is 0.310 e. The average molecular weight is 389 g/mol. The van der Waals surface area contributed by atoms with Crippen molar-refractivity contribution >= 4 is 17.7 Å². The van der Waals surface area contributed by atoms with E-state index in [-0.39, 0.29) is 18.9 Å². The van der Waals surface area contributed by atoms with E-state index >= 15 is 0 Å². The summed E-state index contributed by atoms with van der Waals surface area (Å²) in [6.07, 6.45) is 2.38. The Balaban J connectivity index is 1.38. The maximum Gasteiger partial charge on any atom is 0.310 e. The molecule has 6 heteroatoms. The molecule has 3 aromatic rings. The second-order valence-electron chi connectivity index (χ2n) is 7.35. The third kappa shape index (κ3) is 4.90. The fourth-order valence-corrected chi connectivity index (χ4v) is 3.08. The van der Waals surface area contributed by atoms with Crippen molar-refractivity contribution in [3.63, 3.8) is 0 Å². The molecule has 1 amide bonds. The number of hydrogen-bond acceptors (Lipinski definition) is 4. The van der Waals surface area contributed by atoms with Crippen LogP contribution in [0.3, 0.4) is 0 Å². The first-order chi connectivity index (χ1) is 14.1. The zero-order valence-corrected chi connectivity index (χ0v) is 16.3. The molecule has 1 aromatic heterocycles. The van der Waals surface area contributed by atoms with Crippen LogP contribution in [-0.2, 0) is 20.7 Å². The minimum Gasteiger partial charge on any atom is -0.455 e. The molecule has 0 spiro atoms. The second-order valence-corrected chi connectivity index (χ2v) is 7.35. The summed E-state index contributed by atoms with van der Waals surface area (Å²) >= 11 is 0. The predicted octanol–water partition coefficient (Wildman–Crippen LogP) is 3.78. The van der Waals surface area contributed by atoms with Gasteiger partial charge in [-0.25, -0.2) is 4.68 Å². The summed E-state index contributed by atoms with van der Waals surface area (Å²) in [5.74, 6) is 0.224. The third-order valence-corrected chi connectivity index (χ3v) is 4.83. The number of amides is 1. The number of aryl methyl sites for hydroxylation is 1. The summed E-state index contributed by atoms with van der Waals surface area (Å²) in [5, 5.41) is 7.47. The fourth-order valence-electron chi connectivity index (χ4n) is 3.08. The number of carbonyl (C=O) groups is 2. The molecule has 1 heterocycles. The Bertz CT molecular complexity index is 1010. The van der Waals surface area contributed by atoms with Crippen molar-refractivity contribution in [2.24, 2.45) is 0 Å². The summed E-state index contributed by atoms with van der Waals surface area (Å²) in [6.45, 7) is 1.66. The molecule has 1 N–H and O–H groups in total. The molecule has 1 aliphatic rings. The molecule has 1 aliphatic carbocycles. The highest BCUT2D eigenvalue weighted by molar-refractivity contribution is 5.92. The van der Waals surface area contributed by atoms with Crippen molar-refractivity contribution in [3.8, 4) is 5.69 Å². The number of rotatable bonds is 7. The minimum atomic E-state index is -0.431. The lowest BCUT2D eigenvalue weighted by Crippen LogP contribution is -2.23. The van der Waals surface area contributed by atoms with Gasteiger partial charge in [0, 0.05) is 12.0 Å². The Hall–Kier alpha value is -3.41. The Morgan fingerprint density at radius 1 is 1.10 bits per heavy atom. The lowest BCUT2D eigenvalue weighted by Gasteiger charge is -2.09. The number of ether oxygens (including phenoxy) is 1. The summed E-state index contributed by atoms with van der Waals surface area (Å²) in [6, 6.07) is 19.2. The van der Waals surface area contributed by atoms with Crippen LogP contribution in [0.1, 0.15) is 35.6 Å². The van der Waals surface area contributed by atoms with Crippen LogP contribution in [0.5, 0.6) is 0 Å². The van der Waals surface area contributed by atoms with Crippen LogP contribution in [0.15, 0.2) is 60.7 Å². The molecule has 29 heavy (non-hydrogen) atoms. The average Bonchev–Trinajstić information content (AvgIpc) is 3.50. The molecule has 0 bridgehead atoms. The maximum atomic E-state index is 12.4. The van der Waals surface area contributed by atoms with Gasteiger partial charge in [-0.05, 0) is 37.5 Å². The number of nitrogens with one attached hydrogen (secondary N) is 1. The lowest BCUT2D eigenvalue weighted by molar-refractivity contribution is -0.146. The first-order valence-electron chi connectivity index (χ1n) is 9.75. The standard InChI is InChI=1S/C23H23N3O3/c1-16-7-9-17(10-8-16)13-23(28)29-15-22(27)24-21-14-20(18-11-12-18)25-26(21)19-5-3-2-4-6-19/h2-10,14,18H,11-13,15H2,1H3,(H,24,27). The first-order valence-corrected chi connectivity index (χ1v) is 9.75. The Morgan fingerprint density at radius 2 is 1.83 bits per heavy atom. The Kier molecular flexibility index (Phi) is 5.42. The number of benzene rings is 2. The predicted molar refractivity (Wildman–Crippen MR) is 110 cm³/mol. The van der Waals surface area contributed by atoms with E-state index in [0.717, 1.165) is 35.3 Å². The van der Waals surface area contributed by atoms with Crippen molar-refractivity contribution in [2.75, 3.05) is 11.9 Å². The molecule has 6 nitrogen and oxygen atoms in total. The van der Waals surface area contributed by atoms with Gasteiger partial charge < -0.3 is 10.1 Å². The van der Waals surface area contributed by atoms with E-state index in [1.54, 1.807) is 4.68 Å². The van der Waals surface area contributed by atoms with E-state index in [2.05, 4.69) is 10.4 Å². The lowest BCUT2D eigenvalue weighted by atomic mass is 10.1. The quantitative estimate of drug-likeness (QED) is 0.624. The van der Waals surface area contributed by atoms with Crippen LogP contribution in [0.4, 0.5) is 5.82 Å². The van der Waals surface area contributed by atoms with Gasteiger partial charge >= 0.3 is 5.97 Å². The molecular formula is C23H23N3O3. The normalized spacial score (nSPS) is 13.1. The van der Waals surface area contributed by atoms with Gasteiger partial charge in [0.15, 0.2) is 6.61 Å². The molecule has 0 radical (unpaired) electrons. The number of hydrogen-bond donors (Lipinski definition) is 1. The molecule has 1 saturated carbocycles. The number of nitrogens with zero attached hydrogens (tertiary/aromatic N) is 2. The molecule has 0 unspecified atom stereocenters. The topological polar surface area (TPSA) is 73.2 Å². The molecule has 0 saturated heterocycles. The molecule has 148 valence electrons. The van der Waals surface area contributed by atoms with Gasteiger partial charge in [-0.1, -0.05) is 48.0 Å². The van der Waals surface area contributed by atoms with Gasteiger partial charge in [-0.3, -0.25) is 9.59 Å². The molecule has 2 aromatic carbocycles. The minimum absolute atomic E-state index is 0.140. The monoisotopic (exact) mass is 389 g/mol. The van der Waals surface area contributed by atoms with Gasteiger partial charge in [0.1, 0.15) is 5.82 Å². The van der Waals surface area contributed by atoms with Gasteiger partial charge in [0.05, 0.1) is 17.8 Å². The molecule has 0 aliphatic heterocycles. The second kappa shape index (κ2) is 8.31. The van der Waals surface area contributed by atoms with Crippen molar-refractivity contribution in [3.05, 3.63) is 77.5 Å². The van der Waals surface area contributed by atoms with Gasteiger partial charge in [0.25, 0.3) is 5.91 Å². The summed E-state index contributed by atoms with van der Waals surface area (Å²) in [4.78, 5) is 24.4. The number of carbonyl (C=O) groups excluding carboxylic acids is 2. The van der Waals surface area contributed by atoms with E-state index < -0.39 is 5.97 Å². The highest BCUT2D eigenvalue weighted by Gasteiger charge is 2.28. The van der Waals surface area contributed by atoms with Crippen LogP contribution >= 0.6 is 0 Å². The number of anilines is 1. The molecule has 1 fully saturated rings. The van der Waals surface area contributed by atoms with Gasteiger partial charge in [-0.15, -0.1) is 0 Å². The number of esters is 1. The molecule has 0 atom stereocenters. The van der Waals surface area contributed by atoms with Gasteiger partial charge in [-0.2, -0.15) is 5.10 Å². The van der Waals surface area contributed by atoms with Crippen molar-refractivity contribution < 1.29 is 14.3 Å². The van der Waals surface area contributed by atoms with E-state index in [1.165, 1.54) is 0 Å². The number of para-hydroxylation sites is 1. The SMILES string of the molecule is Cc1ccc(CC(=O)OCC(=O)Nc2cc(C3CC3)nn2-c2ccccc2)cc1. The van der Waals surface area contributed by atoms with E-state index in [4.69, 9.17) is 4.74 Å². The van der Waals surface area contributed by atoms with Crippen LogP contribution < -0.4 is 5.32 Å². The maximum absolute atomic E-state index is 12.4. The van der Waals surface area contributed by atoms with E-state index in [1.807, 2.05) is 67.6 Å². The van der Waals surface area contributed by atoms with Gasteiger partial charge in [0.2, 0.25) is 0 Å². The summed E-state index contributed by atoms with van der Waals surface area (Å²) < 4.78 is 6.86. The van der Waals surface area contributed by atoms with Crippen LogP contribution in [0.2, 0.25) is 0 Å². The van der Waals surface area contributed by atoms with Crippen LogP contribution in [0.25, 0.3) is 5.69 Å².